The van der Waals surface area contributed by atoms with E-state index in [4.69, 9.17) is 0 Å². The molecule has 0 fully saturated rings. The Morgan fingerprint density at radius 2 is 1.12 bits per heavy atom. The molecule has 0 radical (unpaired) electrons. The topological polar surface area (TPSA) is 12.0 Å². The van der Waals surface area contributed by atoms with Crippen molar-refractivity contribution in [3.05, 3.63) is 0 Å². The first-order valence-corrected chi connectivity index (χ1v) is 7.21. The first kappa shape index (κ1) is 16.0. The summed E-state index contributed by atoms with van der Waals surface area (Å²) in [5.41, 5.74) is 0.535. The highest BCUT2D eigenvalue weighted by atomic mass is 14.8. The third-order valence-electron chi connectivity index (χ3n) is 3.10. The van der Waals surface area contributed by atoms with Gasteiger partial charge in [0, 0.05) is 0 Å². The molecule has 0 atom stereocenters. The van der Waals surface area contributed by atoms with Crippen molar-refractivity contribution in [1.82, 2.24) is 5.32 Å². The number of rotatable bonds is 10. The van der Waals surface area contributed by atoms with E-state index in [-0.39, 0.29) is 0 Å². The molecule has 98 valence electrons. The van der Waals surface area contributed by atoms with E-state index in [1.165, 1.54) is 64.3 Å². The van der Waals surface area contributed by atoms with Crippen molar-refractivity contribution in [2.75, 3.05) is 13.6 Å². The highest BCUT2D eigenvalue weighted by molar-refractivity contribution is 4.61. The maximum atomic E-state index is 3.20. The lowest BCUT2D eigenvalue weighted by Gasteiger charge is -2.17. The first-order chi connectivity index (χ1) is 7.56. The van der Waals surface area contributed by atoms with Crippen molar-refractivity contribution in [2.45, 2.75) is 78.6 Å². The third kappa shape index (κ3) is 14.0. The Bertz CT molecular complexity index is 135. The lowest BCUT2D eigenvalue weighted by atomic mass is 9.89. The molecule has 0 heterocycles. The van der Waals surface area contributed by atoms with Gasteiger partial charge in [0.15, 0.2) is 0 Å². The van der Waals surface area contributed by atoms with Crippen molar-refractivity contribution < 1.29 is 0 Å². The molecule has 0 saturated carbocycles. The second-order valence-corrected chi connectivity index (χ2v) is 6.24. The molecule has 0 aliphatic rings. The third-order valence-corrected chi connectivity index (χ3v) is 3.10. The maximum absolute atomic E-state index is 3.20. The summed E-state index contributed by atoms with van der Waals surface area (Å²) in [5, 5.41) is 3.20. The van der Waals surface area contributed by atoms with E-state index in [9.17, 15) is 0 Å². The SMILES string of the molecule is CNCCCCCCCCCCC(C)(C)C. The molecule has 0 aliphatic heterocycles. The van der Waals surface area contributed by atoms with Crippen LogP contribution in [0.5, 0.6) is 0 Å². The van der Waals surface area contributed by atoms with Crippen LogP contribution in [0.25, 0.3) is 0 Å². The van der Waals surface area contributed by atoms with Gasteiger partial charge in [0.05, 0.1) is 0 Å². The second kappa shape index (κ2) is 10.1. The highest BCUT2D eigenvalue weighted by Crippen LogP contribution is 2.22. The molecular weight excluding hydrogens is 194 g/mol. The van der Waals surface area contributed by atoms with E-state index in [0.29, 0.717) is 5.41 Å². The summed E-state index contributed by atoms with van der Waals surface area (Å²) in [7, 11) is 2.04. The summed E-state index contributed by atoms with van der Waals surface area (Å²) in [4.78, 5) is 0. The Morgan fingerprint density at radius 3 is 1.56 bits per heavy atom. The molecule has 0 unspecified atom stereocenters. The van der Waals surface area contributed by atoms with E-state index in [2.05, 4.69) is 26.1 Å². The van der Waals surface area contributed by atoms with Gasteiger partial charge >= 0.3 is 0 Å². The van der Waals surface area contributed by atoms with E-state index in [0.717, 1.165) is 0 Å². The van der Waals surface area contributed by atoms with Crippen LogP contribution < -0.4 is 5.32 Å². The predicted octanol–water partition coefficient (Wildman–Crippen LogP) is 4.76. The molecule has 16 heavy (non-hydrogen) atoms. The van der Waals surface area contributed by atoms with Gasteiger partial charge in [-0.1, -0.05) is 65.7 Å². The average Bonchev–Trinajstić information content (AvgIpc) is 2.19. The van der Waals surface area contributed by atoms with Crippen molar-refractivity contribution >= 4 is 0 Å². The fourth-order valence-electron chi connectivity index (χ4n) is 2.02. The Balaban J connectivity index is 2.99. The van der Waals surface area contributed by atoms with Crippen LogP contribution in [0.1, 0.15) is 78.6 Å². The molecule has 0 bridgehead atoms. The minimum absolute atomic E-state index is 0.535. The quantitative estimate of drug-likeness (QED) is 0.530. The van der Waals surface area contributed by atoms with E-state index >= 15 is 0 Å². The summed E-state index contributed by atoms with van der Waals surface area (Å²) >= 11 is 0. The van der Waals surface area contributed by atoms with Gasteiger partial charge < -0.3 is 5.32 Å². The normalized spacial score (nSPS) is 12.0. The van der Waals surface area contributed by atoms with E-state index < -0.39 is 0 Å². The van der Waals surface area contributed by atoms with Crippen LogP contribution in [0, 0.1) is 5.41 Å². The van der Waals surface area contributed by atoms with Gasteiger partial charge in [0.25, 0.3) is 0 Å². The zero-order chi connectivity index (χ0) is 12.3. The summed E-state index contributed by atoms with van der Waals surface area (Å²) in [6.07, 6.45) is 12.8. The van der Waals surface area contributed by atoms with Crippen LogP contribution in [0.15, 0.2) is 0 Å². The molecule has 0 aliphatic carbocycles. The number of hydrogen-bond donors (Lipinski definition) is 1. The second-order valence-electron chi connectivity index (χ2n) is 6.24. The zero-order valence-electron chi connectivity index (χ0n) is 12.1. The highest BCUT2D eigenvalue weighted by Gasteiger charge is 2.08. The van der Waals surface area contributed by atoms with Crippen LogP contribution in [0.4, 0.5) is 0 Å². The molecule has 0 rings (SSSR count). The Hall–Kier alpha value is -0.0400. The maximum Gasteiger partial charge on any atom is -0.00519 e. The summed E-state index contributed by atoms with van der Waals surface area (Å²) in [6, 6.07) is 0. The summed E-state index contributed by atoms with van der Waals surface area (Å²) in [6.45, 7) is 8.21. The van der Waals surface area contributed by atoms with Gasteiger partial charge in [-0.25, -0.2) is 0 Å². The van der Waals surface area contributed by atoms with Crippen LogP contribution >= 0.6 is 0 Å². The molecule has 0 spiro atoms. The van der Waals surface area contributed by atoms with Gasteiger partial charge in [0.2, 0.25) is 0 Å². The molecule has 1 nitrogen and oxygen atoms in total. The van der Waals surface area contributed by atoms with Crippen LogP contribution in [-0.2, 0) is 0 Å². The van der Waals surface area contributed by atoms with Gasteiger partial charge in [0.1, 0.15) is 0 Å². The van der Waals surface area contributed by atoms with Crippen molar-refractivity contribution in [3.63, 3.8) is 0 Å². The van der Waals surface area contributed by atoms with Crippen molar-refractivity contribution in [2.24, 2.45) is 5.41 Å². The Morgan fingerprint density at radius 1 is 0.688 bits per heavy atom. The zero-order valence-corrected chi connectivity index (χ0v) is 12.1. The lowest BCUT2D eigenvalue weighted by molar-refractivity contribution is 0.356. The van der Waals surface area contributed by atoms with Gasteiger partial charge in [-0.2, -0.15) is 0 Å². The van der Waals surface area contributed by atoms with Crippen LogP contribution in [0.2, 0.25) is 0 Å². The summed E-state index contributed by atoms with van der Waals surface area (Å²) in [5.74, 6) is 0. The van der Waals surface area contributed by atoms with Gasteiger partial charge in [-0.15, -0.1) is 0 Å². The van der Waals surface area contributed by atoms with E-state index in [1.54, 1.807) is 0 Å². The van der Waals surface area contributed by atoms with Crippen LogP contribution in [-0.4, -0.2) is 13.6 Å². The van der Waals surface area contributed by atoms with Crippen LogP contribution in [0.3, 0.4) is 0 Å². The Kier molecular flexibility index (Phi) is 10.1. The summed E-state index contributed by atoms with van der Waals surface area (Å²) < 4.78 is 0. The minimum atomic E-state index is 0.535. The monoisotopic (exact) mass is 227 g/mol. The fraction of sp³-hybridized carbons (Fsp3) is 1.00. The molecule has 0 aromatic heterocycles. The molecular formula is C15H33N. The molecule has 0 aromatic rings. The van der Waals surface area contributed by atoms with Crippen molar-refractivity contribution in [3.8, 4) is 0 Å². The standard InChI is InChI=1S/C15H33N/c1-15(2,3)13-11-9-7-5-6-8-10-12-14-16-4/h16H,5-14H2,1-4H3. The Labute approximate surface area is 103 Å². The average molecular weight is 227 g/mol. The number of unbranched alkanes of at least 4 members (excludes halogenated alkanes) is 7. The largest absolute Gasteiger partial charge is 0.320 e. The fourth-order valence-corrected chi connectivity index (χ4v) is 2.02. The van der Waals surface area contributed by atoms with E-state index in [1.807, 2.05) is 7.05 Å². The van der Waals surface area contributed by atoms with Gasteiger partial charge in [-0.3, -0.25) is 0 Å². The molecule has 1 heteroatoms. The first-order valence-electron chi connectivity index (χ1n) is 7.21. The molecule has 1 N–H and O–H groups in total. The number of hydrogen-bond acceptors (Lipinski definition) is 1. The lowest BCUT2D eigenvalue weighted by Crippen LogP contribution is -2.06. The smallest absolute Gasteiger partial charge is 0.00519 e. The molecule has 0 amide bonds. The van der Waals surface area contributed by atoms with Crippen molar-refractivity contribution in [1.29, 1.82) is 0 Å². The minimum Gasteiger partial charge on any atom is -0.320 e. The molecule has 0 aromatic carbocycles. The number of nitrogens with one attached hydrogen (secondary N) is 1. The molecule has 0 saturated heterocycles. The van der Waals surface area contributed by atoms with Gasteiger partial charge in [-0.05, 0) is 31.8 Å². The predicted molar refractivity (Wildman–Crippen MR) is 74.9 cm³/mol.